The lowest BCUT2D eigenvalue weighted by molar-refractivity contribution is 0.507. The van der Waals surface area contributed by atoms with E-state index in [1.807, 2.05) is 4.57 Å². The van der Waals surface area contributed by atoms with Crippen molar-refractivity contribution in [2.24, 2.45) is 0 Å². The fourth-order valence-corrected chi connectivity index (χ4v) is 2.13. The van der Waals surface area contributed by atoms with E-state index in [1.165, 1.54) is 12.1 Å². The minimum Gasteiger partial charge on any atom is -0.309 e. The zero-order chi connectivity index (χ0) is 11.8. The van der Waals surface area contributed by atoms with Crippen LogP contribution in [-0.4, -0.2) is 21.3 Å². The van der Waals surface area contributed by atoms with E-state index < -0.39 is 0 Å². The largest absolute Gasteiger partial charge is 0.309 e. The maximum atomic E-state index is 13.7. The number of nitrogens with zero attached hydrogens (tertiary/aromatic N) is 3. The molecule has 6 heteroatoms. The van der Waals surface area contributed by atoms with Crippen LogP contribution in [0.5, 0.6) is 0 Å². The van der Waals surface area contributed by atoms with Crippen LogP contribution in [0.2, 0.25) is 5.02 Å². The van der Waals surface area contributed by atoms with Gasteiger partial charge in [0, 0.05) is 18.1 Å². The van der Waals surface area contributed by atoms with E-state index in [4.69, 9.17) is 11.6 Å². The van der Waals surface area contributed by atoms with Gasteiger partial charge in [-0.3, -0.25) is 0 Å². The fraction of sp³-hybridized carbons (Fsp3) is 0.273. The van der Waals surface area contributed by atoms with Crippen LogP contribution in [0.3, 0.4) is 0 Å². The lowest BCUT2D eigenvalue weighted by Crippen LogP contribution is -2.28. The van der Waals surface area contributed by atoms with Crippen LogP contribution in [-0.2, 0) is 13.1 Å². The SMILES string of the molecule is Fc1ccc(Cl)cc1-c1nnc2n1CCNC2. The summed E-state index contributed by atoms with van der Waals surface area (Å²) in [5.74, 6) is 1.04. The van der Waals surface area contributed by atoms with Crippen molar-refractivity contribution in [1.82, 2.24) is 20.1 Å². The Kier molecular flexibility index (Phi) is 2.57. The van der Waals surface area contributed by atoms with Gasteiger partial charge in [0.05, 0.1) is 12.1 Å². The van der Waals surface area contributed by atoms with Crippen LogP contribution in [0.4, 0.5) is 4.39 Å². The van der Waals surface area contributed by atoms with Gasteiger partial charge in [0.25, 0.3) is 0 Å². The molecular formula is C11H10ClFN4. The van der Waals surface area contributed by atoms with Crippen LogP contribution in [0.1, 0.15) is 5.82 Å². The highest BCUT2D eigenvalue weighted by atomic mass is 35.5. The number of halogens is 2. The van der Waals surface area contributed by atoms with Gasteiger partial charge in [-0.2, -0.15) is 0 Å². The molecule has 0 saturated carbocycles. The summed E-state index contributed by atoms with van der Waals surface area (Å²) in [7, 11) is 0. The summed E-state index contributed by atoms with van der Waals surface area (Å²) in [6.45, 7) is 2.24. The average Bonchev–Trinajstić information content (AvgIpc) is 2.76. The van der Waals surface area contributed by atoms with E-state index in [-0.39, 0.29) is 5.82 Å². The predicted molar refractivity (Wildman–Crippen MR) is 62.1 cm³/mol. The third kappa shape index (κ3) is 1.81. The van der Waals surface area contributed by atoms with Crippen molar-refractivity contribution >= 4 is 11.6 Å². The average molecular weight is 253 g/mol. The summed E-state index contributed by atoms with van der Waals surface area (Å²) >= 11 is 5.88. The van der Waals surface area contributed by atoms with E-state index in [0.29, 0.717) is 23.0 Å². The normalized spacial score (nSPS) is 14.7. The highest BCUT2D eigenvalue weighted by Gasteiger charge is 2.19. The molecule has 1 aromatic carbocycles. The standard InChI is InChI=1S/C11H10ClFN4/c12-7-1-2-9(13)8(5-7)11-16-15-10-6-14-3-4-17(10)11/h1-2,5,14H,3-4,6H2. The molecule has 0 aliphatic carbocycles. The summed E-state index contributed by atoms with van der Waals surface area (Å²) in [4.78, 5) is 0. The van der Waals surface area contributed by atoms with E-state index in [9.17, 15) is 4.39 Å². The topological polar surface area (TPSA) is 42.7 Å². The second kappa shape index (κ2) is 4.09. The number of rotatable bonds is 1. The minimum absolute atomic E-state index is 0.330. The number of fused-ring (bicyclic) bond motifs is 1. The highest BCUT2D eigenvalue weighted by Crippen LogP contribution is 2.25. The molecule has 0 bridgehead atoms. The van der Waals surface area contributed by atoms with Gasteiger partial charge in [-0.1, -0.05) is 11.6 Å². The van der Waals surface area contributed by atoms with Crippen molar-refractivity contribution in [3.05, 3.63) is 34.9 Å². The number of benzene rings is 1. The van der Waals surface area contributed by atoms with Crippen molar-refractivity contribution in [3.63, 3.8) is 0 Å². The molecule has 1 aliphatic rings. The second-order valence-electron chi connectivity index (χ2n) is 3.89. The Morgan fingerprint density at radius 1 is 1.35 bits per heavy atom. The summed E-state index contributed by atoms with van der Waals surface area (Å²) < 4.78 is 15.7. The Morgan fingerprint density at radius 2 is 2.24 bits per heavy atom. The first-order chi connectivity index (χ1) is 8.25. The molecule has 2 aromatic rings. The Labute approximate surface area is 102 Å². The van der Waals surface area contributed by atoms with Crippen LogP contribution in [0.25, 0.3) is 11.4 Å². The third-order valence-electron chi connectivity index (χ3n) is 2.79. The summed E-state index contributed by atoms with van der Waals surface area (Å²) in [5, 5.41) is 11.8. The number of aromatic nitrogens is 3. The molecule has 1 aromatic heterocycles. The molecule has 3 rings (SSSR count). The Morgan fingerprint density at radius 3 is 3.12 bits per heavy atom. The van der Waals surface area contributed by atoms with E-state index in [2.05, 4.69) is 15.5 Å². The quantitative estimate of drug-likeness (QED) is 0.842. The lowest BCUT2D eigenvalue weighted by atomic mass is 10.2. The maximum Gasteiger partial charge on any atom is 0.167 e. The van der Waals surface area contributed by atoms with Crippen molar-refractivity contribution < 1.29 is 4.39 Å². The van der Waals surface area contributed by atoms with Crippen molar-refractivity contribution in [2.75, 3.05) is 6.54 Å². The van der Waals surface area contributed by atoms with E-state index in [0.717, 1.165) is 18.9 Å². The Bertz CT molecular complexity index is 567. The third-order valence-corrected chi connectivity index (χ3v) is 3.03. The van der Waals surface area contributed by atoms with Crippen LogP contribution in [0.15, 0.2) is 18.2 Å². The monoisotopic (exact) mass is 252 g/mol. The Hall–Kier alpha value is -1.46. The number of nitrogens with one attached hydrogen (secondary N) is 1. The molecule has 0 saturated heterocycles. The molecule has 1 aliphatic heterocycles. The van der Waals surface area contributed by atoms with Crippen LogP contribution in [0, 0.1) is 5.82 Å². The second-order valence-corrected chi connectivity index (χ2v) is 4.33. The molecule has 0 radical (unpaired) electrons. The predicted octanol–water partition coefficient (Wildman–Crippen LogP) is 1.84. The molecular weight excluding hydrogens is 243 g/mol. The van der Waals surface area contributed by atoms with Crippen molar-refractivity contribution in [3.8, 4) is 11.4 Å². The first-order valence-corrected chi connectivity index (χ1v) is 5.72. The van der Waals surface area contributed by atoms with Crippen LogP contribution >= 0.6 is 11.6 Å². The molecule has 1 N–H and O–H groups in total. The molecule has 4 nitrogen and oxygen atoms in total. The molecule has 0 spiro atoms. The molecule has 0 unspecified atom stereocenters. The first kappa shape index (κ1) is 10.7. The molecule has 2 heterocycles. The van der Waals surface area contributed by atoms with Gasteiger partial charge < -0.3 is 9.88 Å². The van der Waals surface area contributed by atoms with Gasteiger partial charge >= 0.3 is 0 Å². The summed E-state index contributed by atoms with van der Waals surface area (Å²) in [5.41, 5.74) is 0.401. The zero-order valence-electron chi connectivity index (χ0n) is 8.95. The molecule has 17 heavy (non-hydrogen) atoms. The van der Waals surface area contributed by atoms with Gasteiger partial charge in [-0.15, -0.1) is 10.2 Å². The van der Waals surface area contributed by atoms with Gasteiger partial charge in [-0.05, 0) is 18.2 Å². The molecule has 88 valence electrons. The summed E-state index contributed by atoms with van der Waals surface area (Å²) in [6.07, 6.45) is 0. The number of hydrogen-bond acceptors (Lipinski definition) is 3. The molecule has 0 fully saturated rings. The molecule has 0 amide bonds. The molecule has 0 atom stereocenters. The van der Waals surface area contributed by atoms with Crippen LogP contribution < -0.4 is 5.32 Å². The van der Waals surface area contributed by atoms with Gasteiger partial charge in [0.1, 0.15) is 11.6 Å². The lowest BCUT2D eigenvalue weighted by Gasteiger charge is -2.16. The summed E-state index contributed by atoms with van der Waals surface area (Å²) in [6, 6.07) is 4.45. The van der Waals surface area contributed by atoms with E-state index >= 15 is 0 Å². The van der Waals surface area contributed by atoms with Gasteiger partial charge in [0.2, 0.25) is 0 Å². The zero-order valence-corrected chi connectivity index (χ0v) is 9.71. The number of hydrogen-bond donors (Lipinski definition) is 1. The van der Waals surface area contributed by atoms with E-state index in [1.54, 1.807) is 6.07 Å². The Balaban J connectivity index is 2.15. The van der Waals surface area contributed by atoms with Crippen molar-refractivity contribution in [1.29, 1.82) is 0 Å². The van der Waals surface area contributed by atoms with Crippen molar-refractivity contribution in [2.45, 2.75) is 13.1 Å². The minimum atomic E-state index is -0.330. The van der Waals surface area contributed by atoms with Gasteiger partial charge in [0.15, 0.2) is 5.82 Å². The fourth-order valence-electron chi connectivity index (χ4n) is 1.96. The highest BCUT2D eigenvalue weighted by molar-refractivity contribution is 6.30. The van der Waals surface area contributed by atoms with Gasteiger partial charge in [-0.25, -0.2) is 4.39 Å². The maximum absolute atomic E-state index is 13.7. The first-order valence-electron chi connectivity index (χ1n) is 5.34. The smallest absolute Gasteiger partial charge is 0.167 e.